The highest BCUT2D eigenvalue weighted by Crippen LogP contribution is 2.36. The predicted octanol–water partition coefficient (Wildman–Crippen LogP) is 5.48. The van der Waals surface area contributed by atoms with Crippen LogP contribution in [-0.4, -0.2) is 14.9 Å². The molecule has 0 aliphatic carbocycles. The van der Waals surface area contributed by atoms with Gasteiger partial charge in [0.25, 0.3) is 0 Å². The molecule has 0 N–H and O–H groups in total. The molecule has 96 valence electrons. The molecule has 0 saturated heterocycles. The molecule has 0 fully saturated rings. The van der Waals surface area contributed by atoms with Crippen LogP contribution in [0.1, 0.15) is 47.0 Å². The van der Waals surface area contributed by atoms with Crippen molar-refractivity contribution in [3.8, 4) is 0 Å². The Hall–Kier alpha value is 0.397. The molecule has 0 bridgehead atoms. The Morgan fingerprint density at radius 1 is 1.31 bits per heavy atom. The fourth-order valence-electron chi connectivity index (χ4n) is 0.988. The second kappa shape index (κ2) is 6.97. The maximum atomic E-state index is 6.11. The Kier molecular flexibility index (Phi) is 7.14. The van der Waals surface area contributed by atoms with Crippen molar-refractivity contribution in [2.24, 2.45) is 0 Å². The van der Waals surface area contributed by atoms with E-state index in [0.29, 0.717) is 5.04 Å². The number of unbranched alkanes of at least 4 members (excludes halogenated alkanes) is 2. The highest BCUT2D eigenvalue weighted by molar-refractivity contribution is 9.11. The van der Waals surface area contributed by atoms with Crippen LogP contribution >= 0.6 is 15.9 Å². The lowest BCUT2D eigenvalue weighted by atomic mass is 10.2. The van der Waals surface area contributed by atoms with Crippen molar-refractivity contribution in [1.29, 1.82) is 0 Å². The summed E-state index contributed by atoms with van der Waals surface area (Å²) >= 11 is 3.59. The van der Waals surface area contributed by atoms with Gasteiger partial charge in [-0.15, -0.1) is 0 Å². The van der Waals surface area contributed by atoms with Crippen molar-refractivity contribution in [2.75, 3.05) is 6.61 Å². The van der Waals surface area contributed by atoms with Gasteiger partial charge in [-0.25, -0.2) is 0 Å². The summed E-state index contributed by atoms with van der Waals surface area (Å²) in [6.07, 6.45) is 5.91. The van der Waals surface area contributed by atoms with Crippen LogP contribution in [-0.2, 0) is 4.43 Å². The molecule has 0 aliphatic rings. The molecule has 0 aromatic carbocycles. The van der Waals surface area contributed by atoms with Crippen LogP contribution in [0.15, 0.2) is 10.6 Å². The molecule has 0 spiro atoms. The molecule has 0 aromatic rings. The van der Waals surface area contributed by atoms with Crippen molar-refractivity contribution in [3.63, 3.8) is 0 Å². The summed E-state index contributed by atoms with van der Waals surface area (Å²) in [5.74, 6) is 0. The first-order valence-corrected chi connectivity index (χ1v) is 9.89. The van der Waals surface area contributed by atoms with E-state index in [2.05, 4.69) is 62.8 Å². The van der Waals surface area contributed by atoms with Gasteiger partial charge in [-0.3, -0.25) is 0 Å². The zero-order valence-electron chi connectivity index (χ0n) is 11.7. The van der Waals surface area contributed by atoms with Gasteiger partial charge in [0.2, 0.25) is 0 Å². The van der Waals surface area contributed by atoms with Gasteiger partial charge in [-0.2, -0.15) is 0 Å². The average molecular weight is 307 g/mol. The molecule has 0 amide bonds. The van der Waals surface area contributed by atoms with Crippen LogP contribution in [0.4, 0.5) is 0 Å². The first-order chi connectivity index (χ1) is 7.20. The topological polar surface area (TPSA) is 9.23 Å². The smallest absolute Gasteiger partial charge is 0.192 e. The summed E-state index contributed by atoms with van der Waals surface area (Å²) in [5, 5.41) is 0.295. The molecule has 0 aromatic heterocycles. The van der Waals surface area contributed by atoms with Crippen molar-refractivity contribution in [2.45, 2.75) is 65.1 Å². The minimum absolute atomic E-state index is 0.295. The SMILES string of the molecule is CCCC/C=C(/Br)CO[Si](C)(C)C(C)(C)C. The monoisotopic (exact) mass is 306 g/mol. The highest BCUT2D eigenvalue weighted by atomic mass is 79.9. The number of hydrogen-bond acceptors (Lipinski definition) is 1. The van der Waals surface area contributed by atoms with Crippen molar-refractivity contribution >= 4 is 24.2 Å². The third-order valence-corrected chi connectivity index (χ3v) is 8.33. The molecule has 0 unspecified atom stereocenters. The molecule has 0 rings (SSSR count). The lowest BCUT2D eigenvalue weighted by Crippen LogP contribution is -2.41. The van der Waals surface area contributed by atoms with Crippen molar-refractivity contribution in [1.82, 2.24) is 0 Å². The van der Waals surface area contributed by atoms with Gasteiger partial charge >= 0.3 is 0 Å². The van der Waals surface area contributed by atoms with Gasteiger partial charge in [0.1, 0.15) is 0 Å². The standard InChI is InChI=1S/C13H27BrOSi/c1-7-8-9-10-12(14)11-15-16(5,6)13(2,3)4/h10H,7-9,11H2,1-6H3/b12-10+. The Balaban J connectivity index is 4.09. The Morgan fingerprint density at radius 2 is 1.88 bits per heavy atom. The zero-order chi connectivity index (χ0) is 12.8. The molecule has 0 radical (unpaired) electrons. The predicted molar refractivity (Wildman–Crippen MR) is 79.7 cm³/mol. The fourth-order valence-corrected chi connectivity index (χ4v) is 2.49. The largest absolute Gasteiger partial charge is 0.412 e. The van der Waals surface area contributed by atoms with Crippen LogP contribution < -0.4 is 0 Å². The van der Waals surface area contributed by atoms with E-state index < -0.39 is 8.32 Å². The minimum atomic E-state index is -1.59. The zero-order valence-corrected chi connectivity index (χ0v) is 14.3. The van der Waals surface area contributed by atoms with Gasteiger partial charge in [0.15, 0.2) is 8.32 Å². The Morgan fingerprint density at radius 3 is 2.31 bits per heavy atom. The van der Waals surface area contributed by atoms with E-state index in [9.17, 15) is 0 Å². The van der Waals surface area contributed by atoms with E-state index in [4.69, 9.17) is 4.43 Å². The van der Waals surface area contributed by atoms with E-state index in [1.165, 1.54) is 17.3 Å². The van der Waals surface area contributed by atoms with E-state index in [-0.39, 0.29) is 0 Å². The number of halogens is 1. The van der Waals surface area contributed by atoms with Gasteiger partial charge in [-0.05, 0) is 24.6 Å². The molecular weight excluding hydrogens is 280 g/mol. The minimum Gasteiger partial charge on any atom is -0.412 e. The summed E-state index contributed by atoms with van der Waals surface area (Å²) in [4.78, 5) is 0. The first-order valence-electron chi connectivity index (χ1n) is 6.19. The van der Waals surface area contributed by atoms with Crippen LogP contribution in [0.2, 0.25) is 18.1 Å². The summed E-state index contributed by atoms with van der Waals surface area (Å²) in [7, 11) is -1.59. The van der Waals surface area contributed by atoms with Gasteiger partial charge < -0.3 is 4.43 Å². The Labute approximate surface area is 111 Å². The number of hydrogen-bond donors (Lipinski definition) is 0. The highest BCUT2D eigenvalue weighted by Gasteiger charge is 2.36. The fraction of sp³-hybridized carbons (Fsp3) is 0.846. The van der Waals surface area contributed by atoms with Gasteiger partial charge in [-0.1, -0.05) is 62.5 Å². The third-order valence-electron chi connectivity index (χ3n) is 3.30. The molecule has 16 heavy (non-hydrogen) atoms. The van der Waals surface area contributed by atoms with Crippen LogP contribution in [0.25, 0.3) is 0 Å². The quantitative estimate of drug-likeness (QED) is 0.466. The second-order valence-corrected chi connectivity index (χ2v) is 11.7. The molecule has 0 heterocycles. The third kappa shape index (κ3) is 6.21. The van der Waals surface area contributed by atoms with Crippen LogP contribution in [0.3, 0.4) is 0 Å². The van der Waals surface area contributed by atoms with E-state index in [1.807, 2.05) is 0 Å². The molecule has 0 atom stereocenters. The second-order valence-electron chi connectivity index (χ2n) is 5.84. The van der Waals surface area contributed by atoms with E-state index >= 15 is 0 Å². The lowest BCUT2D eigenvalue weighted by molar-refractivity contribution is 0.325. The summed E-state index contributed by atoms with van der Waals surface area (Å²) < 4.78 is 7.31. The first kappa shape index (κ1) is 16.4. The van der Waals surface area contributed by atoms with Gasteiger partial charge in [0.05, 0.1) is 6.61 Å². The maximum Gasteiger partial charge on any atom is 0.192 e. The van der Waals surface area contributed by atoms with Crippen LogP contribution in [0.5, 0.6) is 0 Å². The molecule has 1 nitrogen and oxygen atoms in total. The van der Waals surface area contributed by atoms with Gasteiger partial charge in [0, 0.05) is 4.48 Å². The molecule has 3 heteroatoms. The Bertz CT molecular complexity index is 229. The lowest BCUT2D eigenvalue weighted by Gasteiger charge is -2.36. The number of allylic oxidation sites excluding steroid dienone is 1. The van der Waals surface area contributed by atoms with Crippen LogP contribution in [0, 0.1) is 0 Å². The molecule has 0 aliphatic heterocycles. The summed E-state index contributed by atoms with van der Waals surface area (Å²) in [5.41, 5.74) is 0. The van der Waals surface area contributed by atoms with Crippen molar-refractivity contribution < 1.29 is 4.43 Å². The molecule has 0 saturated carbocycles. The van der Waals surface area contributed by atoms with E-state index in [1.54, 1.807) is 0 Å². The number of rotatable bonds is 6. The maximum absolute atomic E-state index is 6.11. The molecular formula is C13H27BrOSi. The van der Waals surface area contributed by atoms with E-state index in [0.717, 1.165) is 13.0 Å². The average Bonchev–Trinajstić information content (AvgIpc) is 2.13. The summed E-state index contributed by atoms with van der Waals surface area (Å²) in [6.45, 7) is 14.3. The summed E-state index contributed by atoms with van der Waals surface area (Å²) in [6, 6.07) is 0. The normalized spacial score (nSPS) is 14.3. The van der Waals surface area contributed by atoms with Crippen molar-refractivity contribution in [3.05, 3.63) is 10.6 Å².